The van der Waals surface area contributed by atoms with Gasteiger partial charge in [-0.05, 0) is 0 Å². The van der Waals surface area contributed by atoms with Crippen LogP contribution in [0, 0.1) is 0 Å². The zero-order chi connectivity index (χ0) is 12.2. The molecule has 16 heavy (non-hydrogen) atoms. The number of rotatable bonds is 6. The van der Waals surface area contributed by atoms with Gasteiger partial charge in [-0.25, -0.2) is 8.42 Å². The second-order valence-electron chi connectivity index (χ2n) is 3.27. The summed E-state index contributed by atoms with van der Waals surface area (Å²) in [7, 11) is -0.367. The summed E-state index contributed by atoms with van der Waals surface area (Å²) in [6, 6.07) is 0. The van der Waals surface area contributed by atoms with Crippen LogP contribution in [0.15, 0.2) is 17.3 Å². The van der Waals surface area contributed by atoms with Crippen molar-refractivity contribution in [1.82, 2.24) is 14.5 Å². The number of nitrogens with one attached hydrogen (secondary N) is 1. The number of hydrogen-bond donors (Lipinski definition) is 1. The van der Waals surface area contributed by atoms with Crippen LogP contribution in [0.1, 0.15) is 0 Å². The zero-order valence-corrected chi connectivity index (χ0v) is 11.5. The maximum absolute atomic E-state index is 11.9. The molecule has 0 aliphatic carbocycles. The summed E-state index contributed by atoms with van der Waals surface area (Å²) < 4.78 is 30.1. The first-order valence-electron chi connectivity index (χ1n) is 4.56. The third kappa shape index (κ3) is 3.27. The predicted molar refractivity (Wildman–Crippen MR) is 63.0 cm³/mol. The Morgan fingerprint density at radius 1 is 1.69 bits per heavy atom. The quantitative estimate of drug-likeness (QED) is 0.774. The molecule has 0 spiro atoms. The topological polar surface area (TPSA) is 75.3 Å². The highest BCUT2D eigenvalue weighted by Gasteiger charge is 2.23. The number of hydrogen-bond acceptors (Lipinski definition) is 4. The largest absolute Gasteiger partial charge is 0.383 e. The fraction of sp³-hybridized carbons (Fsp3) is 0.625. The number of methoxy groups -OCH3 is 1. The van der Waals surface area contributed by atoms with E-state index < -0.39 is 10.0 Å². The molecule has 92 valence electrons. The van der Waals surface area contributed by atoms with Crippen LogP contribution in [0.5, 0.6) is 0 Å². The van der Waals surface area contributed by atoms with Gasteiger partial charge in [-0.15, -0.1) is 0 Å². The van der Waals surface area contributed by atoms with Crippen molar-refractivity contribution >= 4 is 26.0 Å². The van der Waals surface area contributed by atoms with Crippen molar-refractivity contribution in [3.63, 3.8) is 0 Å². The first kappa shape index (κ1) is 13.6. The van der Waals surface area contributed by atoms with Crippen molar-refractivity contribution in [1.29, 1.82) is 0 Å². The lowest BCUT2D eigenvalue weighted by Gasteiger charge is -2.18. The summed E-state index contributed by atoms with van der Waals surface area (Å²) in [6.45, 7) is 0.784. The molecule has 8 heteroatoms. The molecule has 0 amide bonds. The number of aromatic nitrogens is 2. The van der Waals surface area contributed by atoms with Crippen molar-refractivity contribution < 1.29 is 13.2 Å². The molecular formula is C8H14BrN3O3S. The average Bonchev–Trinajstić information content (AvgIpc) is 2.70. The minimum Gasteiger partial charge on any atom is -0.383 e. The zero-order valence-electron chi connectivity index (χ0n) is 9.05. The summed E-state index contributed by atoms with van der Waals surface area (Å²) in [5, 5.41) is 6.10. The SMILES string of the molecule is COCC(Br)CN(C)S(=O)(=O)c1cn[nH]c1. The average molecular weight is 312 g/mol. The Morgan fingerprint density at radius 2 is 2.38 bits per heavy atom. The predicted octanol–water partition coefficient (Wildman–Crippen LogP) is 0.440. The third-order valence-corrected chi connectivity index (χ3v) is 4.33. The lowest BCUT2D eigenvalue weighted by molar-refractivity contribution is 0.195. The van der Waals surface area contributed by atoms with Crippen molar-refractivity contribution in [2.75, 3.05) is 27.3 Å². The molecule has 6 nitrogen and oxygen atoms in total. The Labute approximate surface area is 103 Å². The van der Waals surface area contributed by atoms with E-state index in [1.807, 2.05) is 0 Å². The molecule has 0 aliphatic rings. The van der Waals surface area contributed by atoms with E-state index >= 15 is 0 Å². The fourth-order valence-corrected chi connectivity index (χ4v) is 3.18. The molecule has 1 aromatic rings. The van der Waals surface area contributed by atoms with Gasteiger partial charge in [0.1, 0.15) is 4.90 Å². The Bertz CT molecular complexity index is 406. The molecule has 0 bridgehead atoms. The molecule has 1 heterocycles. The van der Waals surface area contributed by atoms with Crippen LogP contribution in [-0.2, 0) is 14.8 Å². The van der Waals surface area contributed by atoms with Crippen molar-refractivity contribution in [2.24, 2.45) is 0 Å². The first-order valence-corrected chi connectivity index (χ1v) is 6.92. The molecule has 1 aromatic heterocycles. The van der Waals surface area contributed by atoms with Crippen molar-refractivity contribution in [2.45, 2.75) is 9.72 Å². The Hall–Kier alpha value is -0.440. The number of alkyl halides is 1. The molecule has 0 aliphatic heterocycles. The van der Waals surface area contributed by atoms with Gasteiger partial charge in [0.25, 0.3) is 0 Å². The van der Waals surface area contributed by atoms with E-state index in [2.05, 4.69) is 26.1 Å². The van der Waals surface area contributed by atoms with Crippen LogP contribution < -0.4 is 0 Å². The smallest absolute Gasteiger partial charge is 0.245 e. The third-order valence-electron chi connectivity index (χ3n) is 1.98. The van der Waals surface area contributed by atoms with Gasteiger partial charge < -0.3 is 4.74 Å². The second kappa shape index (κ2) is 5.76. The Kier molecular flexibility index (Phi) is 4.90. The van der Waals surface area contributed by atoms with Gasteiger partial charge in [0.05, 0.1) is 17.6 Å². The van der Waals surface area contributed by atoms with E-state index in [1.54, 1.807) is 7.11 Å². The summed E-state index contributed by atoms with van der Waals surface area (Å²) in [4.78, 5) is 0.122. The molecular weight excluding hydrogens is 298 g/mol. The maximum atomic E-state index is 11.9. The fourth-order valence-electron chi connectivity index (χ4n) is 1.17. The van der Waals surface area contributed by atoms with Gasteiger partial charge in [-0.1, -0.05) is 15.9 Å². The first-order chi connectivity index (χ1) is 7.48. The Balaban J connectivity index is 2.70. The summed E-state index contributed by atoms with van der Waals surface area (Å²) in [5.41, 5.74) is 0. The van der Waals surface area contributed by atoms with Crippen LogP contribution in [0.2, 0.25) is 0 Å². The van der Waals surface area contributed by atoms with Crippen LogP contribution in [0.3, 0.4) is 0 Å². The second-order valence-corrected chi connectivity index (χ2v) is 6.61. The number of ether oxygens (including phenoxy) is 1. The van der Waals surface area contributed by atoms with Gasteiger partial charge in [0.15, 0.2) is 0 Å². The minimum atomic E-state index is -3.46. The standard InChI is InChI=1S/C8H14BrN3O3S/c1-12(5-7(9)6-15-2)16(13,14)8-3-10-11-4-8/h3-4,7H,5-6H2,1-2H3,(H,10,11). The lowest BCUT2D eigenvalue weighted by Crippen LogP contribution is -2.33. The molecule has 0 fully saturated rings. The van der Waals surface area contributed by atoms with Crippen LogP contribution >= 0.6 is 15.9 Å². The van der Waals surface area contributed by atoms with E-state index in [-0.39, 0.29) is 9.72 Å². The van der Waals surface area contributed by atoms with Gasteiger partial charge in [0, 0.05) is 26.9 Å². The highest BCUT2D eigenvalue weighted by atomic mass is 79.9. The molecule has 1 N–H and O–H groups in total. The van der Waals surface area contributed by atoms with E-state index in [0.717, 1.165) is 0 Å². The molecule has 0 saturated carbocycles. The Morgan fingerprint density at radius 3 is 2.88 bits per heavy atom. The number of H-pyrrole nitrogens is 1. The van der Waals surface area contributed by atoms with E-state index in [9.17, 15) is 8.42 Å². The monoisotopic (exact) mass is 311 g/mol. The van der Waals surface area contributed by atoms with Crippen molar-refractivity contribution in [3.05, 3.63) is 12.4 Å². The number of sulfonamides is 1. The van der Waals surface area contributed by atoms with Crippen LogP contribution in [0.4, 0.5) is 0 Å². The van der Waals surface area contributed by atoms with Gasteiger partial charge >= 0.3 is 0 Å². The highest BCUT2D eigenvalue weighted by molar-refractivity contribution is 9.09. The molecule has 0 saturated heterocycles. The van der Waals surface area contributed by atoms with Crippen LogP contribution in [0.25, 0.3) is 0 Å². The van der Waals surface area contributed by atoms with E-state index in [4.69, 9.17) is 4.74 Å². The summed E-state index contributed by atoms with van der Waals surface area (Å²) >= 11 is 3.34. The molecule has 1 rings (SSSR count). The molecule has 1 atom stereocenters. The lowest BCUT2D eigenvalue weighted by atomic mass is 10.4. The number of aromatic amines is 1. The van der Waals surface area contributed by atoms with Crippen LogP contribution in [-0.4, -0.2) is 55.1 Å². The van der Waals surface area contributed by atoms with E-state index in [1.165, 1.54) is 23.7 Å². The van der Waals surface area contributed by atoms with Gasteiger partial charge in [-0.3, -0.25) is 5.10 Å². The van der Waals surface area contributed by atoms with E-state index in [0.29, 0.717) is 13.2 Å². The maximum Gasteiger partial charge on any atom is 0.245 e. The molecule has 0 radical (unpaired) electrons. The molecule has 0 aromatic carbocycles. The van der Waals surface area contributed by atoms with Gasteiger partial charge in [0.2, 0.25) is 10.0 Å². The summed E-state index contributed by atoms with van der Waals surface area (Å²) in [6.07, 6.45) is 2.64. The molecule has 1 unspecified atom stereocenters. The van der Waals surface area contributed by atoms with Gasteiger partial charge in [-0.2, -0.15) is 9.40 Å². The summed E-state index contributed by atoms with van der Waals surface area (Å²) in [5.74, 6) is 0. The number of nitrogens with zero attached hydrogens (tertiary/aromatic N) is 2. The highest BCUT2D eigenvalue weighted by Crippen LogP contribution is 2.14. The number of halogens is 1. The normalized spacial score (nSPS) is 14.2. The minimum absolute atomic E-state index is 0.0378. The van der Waals surface area contributed by atoms with Crippen molar-refractivity contribution in [3.8, 4) is 0 Å².